The van der Waals surface area contributed by atoms with Gasteiger partial charge < -0.3 is 5.32 Å². The highest BCUT2D eigenvalue weighted by Gasteiger charge is 2.27. The van der Waals surface area contributed by atoms with Crippen LogP contribution in [0.15, 0.2) is 83.8 Å². The van der Waals surface area contributed by atoms with E-state index in [0.717, 1.165) is 16.7 Å². The van der Waals surface area contributed by atoms with Gasteiger partial charge >= 0.3 is 0 Å². The predicted molar refractivity (Wildman–Crippen MR) is 123 cm³/mol. The predicted octanol–water partition coefficient (Wildman–Crippen LogP) is 4.20. The van der Waals surface area contributed by atoms with E-state index in [1.165, 1.54) is 28.6 Å². The molecule has 0 aliphatic heterocycles. The van der Waals surface area contributed by atoms with Crippen molar-refractivity contribution in [2.45, 2.75) is 24.8 Å². The smallest absolute Gasteiger partial charge is 0.243 e. The molecule has 0 radical (unpaired) electrons. The first-order valence-corrected chi connectivity index (χ1v) is 11.8. The second-order valence-corrected chi connectivity index (χ2v) is 9.68. The number of sulfonamides is 1. The number of aryl methyl sites for hydroxylation is 1. The summed E-state index contributed by atoms with van der Waals surface area (Å²) in [6, 6.07) is 23.3. The normalized spacial score (nSPS) is 11.5. The van der Waals surface area contributed by atoms with Gasteiger partial charge in [0, 0.05) is 18.1 Å². The second kappa shape index (κ2) is 10.6. The van der Waals surface area contributed by atoms with Crippen LogP contribution in [0.5, 0.6) is 0 Å². The van der Waals surface area contributed by atoms with Crippen molar-refractivity contribution in [3.63, 3.8) is 0 Å². The van der Waals surface area contributed by atoms with Gasteiger partial charge in [-0.15, -0.1) is 0 Å². The van der Waals surface area contributed by atoms with Gasteiger partial charge in [-0.25, -0.2) is 8.42 Å². The molecule has 7 heteroatoms. The van der Waals surface area contributed by atoms with Crippen molar-refractivity contribution in [2.24, 2.45) is 0 Å². The van der Waals surface area contributed by atoms with Gasteiger partial charge in [0.15, 0.2) is 0 Å². The topological polar surface area (TPSA) is 66.5 Å². The maximum atomic E-state index is 13.3. The van der Waals surface area contributed by atoms with Gasteiger partial charge in [-0.3, -0.25) is 4.79 Å². The monoisotopic (exact) mass is 456 g/mol. The number of halogens is 1. The van der Waals surface area contributed by atoms with Crippen molar-refractivity contribution in [1.82, 2.24) is 9.62 Å². The minimum atomic E-state index is -3.89. The van der Waals surface area contributed by atoms with E-state index in [-0.39, 0.29) is 23.9 Å². The Labute approximate surface area is 188 Å². The molecule has 3 aromatic carbocycles. The lowest BCUT2D eigenvalue weighted by Gasteiger charge is -2.22. The second-order valence-electron chi connectivity index (χ2n) is 7.30. The van der Waals surface area contributed by atoms with Crippen molar-refractivity contribution in [2.75, 3.05) is 13.1 Å². The third kappa shape index (κ3) is 6.66. The number of amides is 1. The SMILES string of the molecule is Cc1cccc(CN(CC(=O)NCCc2ccccc2)S(=O)(=O)c2ccc(Cl)cc2)c1. The minimum Gasteiger partial charge on any atom is -0.355 e. The van der Waals surface area contributed by atoms with Crippen LogP contribution in [-0.2, 0) is 27.8 Å². The zero-order valence-corrected chi connectivity index (χ0v) is 18.9. The van der Waals surface area contributed by atoms with Crippen molar-refractivity contribution < 1.29 is 13.2 Å². The maximum absolute atomic E-state index is 13.3. The molecule has 0 saturated heterocycles. The quantitative estimate of drug-likeness (QED) is 0.524. The fraction of sp³-hybridized carbons (Fsp3) is 0.208. The maximum Gasteiger partial charge on any atom is 0.243 e. The van der Waals surface area contributed by atoms with Crippen molar-refractivity contribution >= 4 is 27.5 Å². The van der Waals surface area contributed by atoms with Crippen LogP contribution in [0.3, 0.4) is 0 Å². The lowest BCUT2D eigenvalue weighted by molar-refractivity contribution is -0.121. The average Bonchev–Trinajstić information content (AvgIpc) is 2.74. The Hall–Kier alpha value is -2.67. The molecule has 1 amide bonds. The van der Waals surface area contributed by atoms with Crippen molar-refractivity contribution in [3.05, 3.63) is 101 Å². The highest BCUT2D eigenvalue weighted by atomic mass is 35.5. The number of rotatable bonds is 9. The Bertz CT molecular complexity index is 1120. The largest absolute Gasteiger partial charge is 0.355 e. The van der Waals surface area contributed by atoms with Gasteiger partial charge in [0.25, 0.3) is 0 Å². The third-order valence-electron chi connectivity index (χ3n) is 4.79. The first-order valence-electron chi connectivity index (χ1n) is 9.96. The number of nitrogens with one attached hydrogen (secondary N) is 1. The number of hydrogen-bond acceptors (Lipinski definition) is 3. The first kappa shape index (κ1) is 23.0. The van der Waals surface area contributed by atoms with E-state index < -0.39 is 10.0 Å². The van der Waals surface area contributed by atoms with Crippen molar-refractivity contribution in [1.29, 1.82) is 0 Å². The molecule has 3 rings (SSSR count). The zero-order valence-electron chi connectivity index (χ0n) is 17.3. The van der Waals surface area contributed by atoms with E-state index in [0.29, 0.717) is 18.0 Å². The number of hydrogen-bond donors (Lipinski definition) is 1. The molecule has 0 bridgehead atoms. The molecule has 3 aromatic rings. The summed E-state index contributed by atoms with van der Waals surface area (Å²) in [5, 5.41) is 3.27. The van der Waals surface area contributed by atoms with Crippen molar-refractivity contribution in [3.8, 4) is 0 Å². The molecule has 162 valence electrons. The van der Waals surface area contributed by atoms with Gasteiger partial charge in [-0.1, -0.05) is 71.8 Å². The molecule has 5 nitrogen and oxygen atoms in total. The minimum absolute atomic E-state index is 0.0960. The third-order valence-corrected chi connectivity index (χ3v) is 6.85. The Balaban J connectivity index is 1.74. The van der Waals surface area contributed by atoms with E-state index in [1.807, 2.05) is 61.5 Å². The van der Waals surface area contributed by atoms with Crippen LogP contribution in [0.2, 0.25) is 5.02 Å². The molecule has 0 saturated carbocycles. The zero-order chi connectivity index (χ0) is 22.3. The molecule has 0 heterocycles. The summed E-state index contributed by atoms with van der Waals surface area (Å²) in [6.07, 6.45) is 0.675. The van der Waals surface area contributed by atoms with Crippen LogP contribution in [-0.4, -0.2) is 31.7 Å². The van der Waals surface area contributed by atoms with E-state index in [4.69, 9.17) is 11.6 Å². The summed E-state index contributed by atoms with van der Waals surface area (Å²) in [4.78, 5) is 12.7. The Kier molecular flexibility index (Phi) is 7.85. The van der Waals surface area contributed by atoms with Crippen LogP contribution < -0.4 is 5.32 Å². The highest BCUT2D eigenvalue weighted by molar-refractivity contribution is 7.89. The van der Waals surface area contributed by atoms with E-state index >= 15 is 0 Å². The molecule has 31 heavy (non-hydrogen) atoms. The molecule has 0 aliphatic carbocycles. The van der Waals surface area contributed by atoms with E-state index in [1.54, 1.807) is 0 Å². The molecular formula is C24H25ClN2O3S. The fourth-order valence-electron chi connectivity index (χ4n) is 3.20. The van der Waals surface area contributed by atoms with E-state index in [2.05, 4.69) is 5.32 Å². The summed E-state index contributed by atoms with van der Waals surface area (Å²) in [5.41, 5.74) is 2.94. The van der Waals surface area contributed by atoms with Crippen LogP contribution >= 0.6 is 11.6 Å². The molecule has 0 fully saturated rings. The summed E-state index contributed by atoms with van der Waals surface area (Å²) in [6.45, 7) is 2.20. The number of nitrogens with zero attached hydrogens (tertiary/aromatic N) is 1. The van der Waals surface area contributed by atoms with Crippen LogP contribution in [0, 0.1) is 6.92 Å². The number of carbonyl (C=O) groups is 1. The van der Waals surface area contributed by atoms with Gasteiger partial charge in [0.05, 0.1) is 11.4 Å². The standard InChI is InChI=1S/C24H25ClN2O3S/c1-19-6-5-9-21(16-19)17-27(31(29,30)23-12-10-22(25)11-13-23)18-24(28)26-15-14-20-7-3-2-4-8-20/h2-13,16H,14-15,17-18H2,1H3,(H,26,28). The summed E-state index contributed by atoms with van der Waals surface area (Å²) >= 11 is 5.91. The van der Waals surface area contributed by atoms with Crippen LogP contribution in [0.25, 0.3) is 0 Å². The molecule has 0 spiro atoms. The number of carbonyl (C=O) groups excluding carboxylic acids is 1. The molecule has 0 aliphatic rings. The summed E-state index contributed by atoms with van der Waals surface area (Å²) < 4.78 is 27.7. The Morgan fingerprint density at radius 1 is 0.935 bits per heavy atom. The molecule has 0 unspecified atom stereocenters. The van der Waals surface area contributed by atoms with Gasteiger partial charge in [-0.05, 0) is 48.7 Å². The molecule has 0 atom stereocenters. The summed E-state index contributed by atoms with van der Waals surface area (Å²) in [7, 11) is -3.89. The van der Waals surface area contributed by atoms with Gasteiger partial charge in [0.2, 0.25) is 15.9 Å². The lowest BCUT2D eigenvalue weighted by Crippen LogP contribution is -2.40. The van der Waals surface area contributed by atoms with E-state index in [9.17, 15) is 13.2 Å². The highest BCUT2D eigenvalue weighted by Crippen LogP contribution is 2.21. The van der Waals surface area contributed by atoms with Crippen LogP contribution in [0.1, 0.15) is 16.7 Å². The summed E-state index contributed by atoms with van der Waals surface area (Å²) in [5.74, 6) is -0.346. The Morgan fingerprint density at radius 3 is 2.29 bits per heavy atom. The Morgan fingerprint density at radius 2 is 1.61 bits per heavy atom. The molecule has 1 N–H and O–H groups in total. The molecule has 0 aromatic heterocycles. The van der Waals surface area contributed by atoms with Gasteiger partial charge in [0.1, 0.15) is 0 Å². The lowest BCUT2D eigenvalue weighted by atomic mass is 10.1. The first-order chi connectivity index (χ1) is 14.8. The number of benzene rings is 3. The van der Waals surface area contributed by atoms with Gasteiger partial charge in [-0.2, -0.15) is 4.31 Å². The molecular weight excluding hydrogens is 432 g/mol. The fourth-order valence-corrected chi connectivity index (χ4v) is 4.71. The van der Waals surface area contributed by atoms with Crippen LogP contribution in [0.4, 0.5) is 0 Å². The average molecular weight is 457 g/mol.